The summed E-state index contributed by atoms with van der Waals surface area (Å²) in [5.41, 5.74) is -0.459. The van der Waals surface area contributed by atoms with Crippen molar-refractivity contribution in [2.75, 3.05) is 0 Å². The van der Waals surface area contributed by atoms with Gasteiger partial charge in [-0.15, -0.1) is 0 Å². The summed E-state index contributed by atoms with van der Waals surface area (Å²) in [6.45, 7) is 7.86. The molecule has 1 aliphatic heterocycles. The molecule has 0 aromatic carbocycles. The van der Waals surface area contributed by atoms with Crippen LogP contribution in [0.1, 0.15) is 47.0 Å². The van der Waals surface area contributed by atoms with E-state index in [-0.39, 0.29) is 11.2 Å². The van der Waals surface area contributed by atoms with Crippen molar-refractivity contribution in [2.24, 2.45) is 0 Å². The standard InChI is InChI=1S/C12H20O2/c1-10(13)6-9-12(4)8-5-7-11(2,3)14-12/h10,13H,5,7-8H2,1-4H3/t10-,12+/m0/s1. The predicted octanol–water partition coefficient (Wildman–Crippen LogP) is 2.11. The third kappa shape index (κ3) is 3.32. The van der Waals surface area contributed by atoms with Crippen LogP contribution in [0.3, 0.4) is 0 Å². The van der Waals surface area contributed by atoms with Crippen molar-refractivity contribution in [2.45, 2.75) is 64.3 Å². The lowest BCUT2D eigenvalue weighted by Gasteiger charge is -2.40. The van der Waals surface area contributed by atoms with Crippen molar-refractivity contribution in [3.8, 4) is 11.8 Å². The monoisotopic (exact) mass is 196 g/mol. The van der Waals surface area contributed by atoms with E-state index in [4.69, 9.17) is 9.84 Å². The van der Waals surface area contributed by atoms with E-state index >= 15 is 0 Å². The molecule has 1 rings (SSSR count). The summed E-state index contributed by atoms with van der Waals surface area (Å²) in [5.74, 6) is 5.80. The summed E-state index contributed by atoms with van der Waals surface area (Å²) in [7, 11) is 0. The van der Waals surface area contributed by atoms with Crippen LogP contribution < -0.4 is 0 Å². The highest BCUT2D eigenvalue weighted by Crippen LogP contribution is 2.34. The Balaban J connectivity index is 2.71. The van der Waals surface area contributed by atoms with Crippen LogP contribution in [-0.2, 0) is 4.74 Å². The van der Waals surface area contributed by atoms with Gasteiger partial charge in [0.25, 0.3) is 0 Å². The molecule has 1 N–H and O–H groups in total. The first-order valence-corrected chi connectivity index (χ1v) is 5.24. The fourth-order valence-electron chi connectivity index (χ4n) is 1.91. The smallest absolute Gasteiger partial charge is 0.126 e. The molecule has 0 aromatic rings. The van der Waals surface area contributed by atoms with Gasteiger partial charge in [0.15, 0.2) is 0 Å². The molecule has 1 heterocycles. The Bertz CT molecular complexity index is 257. The SMILES string of the molecule is C[C@H](O)C#C[C@@]1(C)CCCC(C)(C)O1. The van der Waals surface area contributed by atoms with E-state index in [2.05, 4.69) is 25.7 Å². The van der Waals surface area contributed by atoms with Crippen molar-refractivity contribution in [3.05, 3.63) is 0 Å². The maximum atomic E-state index is 9.10. The molecule has 1 fully saturated rings. The van der Waals surface area contributed by atoms with Gasteiger partial charge < -0.3 is 9.84 Å². The molecule has 80 valence electrons. The van der Waals surface area contributed by atoms with Gasteiger partial charge in [-0.05, 0) is 47.0 Å². The topological polar surface area (TPSA) is 29.5 Å². The normalized spacial score (nSPS) is 32.9. The Hall–Kier alpha value is -0.520. The Morgan fingerprint density at radius 1 is 1.29 bits per heavy atom. The van der Waals surface area contributed by atoms with E-state index < -0.39 is 6.10 Å². The number of ether oxygens (including phenoxy) is 1. The maximum absolute atomic E-state index is 9.10. The fourth-order valence-corrected chi connectivity index (χ4v) is 1.91. The zero-order valence-electron chi connectivity index (χ0n) is 9.55. The first-order valence-electron chi connectivity index (χ1n) is 5.24. The van der Waals surface area contributed by atoms with Gasteiger partial charge in [0.1, 0.15) is 11.7 Å². The first-order chi connectivity index (χ1) is 6.33. The fraction of sp³-hybridized carbons (Fsp3) is 0.833. The van der Waals surface area contributed by atoms with Crippen LogP contribution in [0.25, 0.3) is 0 Å². The Kier molecular flexibility index (Phi) is 3.24. The average molecular weight is 196 g/mol. The highest BCUT2D eigenvalue weighted by Gasteiger charge is 2.35. The van der Waals surface area contributed by atoms with Crippen molar-refractivity contribution in [3.63, 3.8) is 0 Å². The molecular formula is C12H20O2. The summed E-state index contributed by atoms with van der Waals surface area (Å²) in [5, 5.41) is 9.10. The maximum Gasteiger partial charge on any atom is 0.126 e. The van der Waals surface area contributed by atoms with Gasteiger partial charge in [0.05, 0.1) is 5.60 Å². The second-order valence-electron chi connectivity index (χ2n) is 4.89. The van der Waals surface area contributed by atoms with Gasteiger partial charge in [0, 0.05) is 0 Å². The second kappa shape index (κ2) is 3.92. The number of hydrogen-bond acceptors (Lipinski definition) is 2. The molecule has 0 bridgehead atoms. The van der Waals surface area contributed by atoms with Crippen molar-refractivity contribution >= 4 is 0 Å². The minimum absolute atomic E-state index is 0.0830. The third-order valence-electron chi connectivity index (χ3n) is 2.48. The van der Waals surface area contributed by atoms with Crippen LogP contribution in [0.4, 0.5) is 0 Å². The quantitative estimate of drug-likeness (QED) is 0.601. The highest BCUT2D eigenvalue weighted by molar-refractivity contribution is 5.16. The lowest BCUT2D eigenvalue weighted by molar-refractivity contribution is -0.135. The number of hydrogen-bond donors (Lipinski definition) is 1. The van der Waals surface area contributed by atoms with E-state index in [1.165, 1.54) is 0 Å². The van der Waals surface area contributed by atoms with Crippen LogP contribution in [0.15, 0.2) is 0 Å². The molecule has 2 atom stereocenters. The number of aliphatic hydroxyl groups is 1. The molecular weight excluding hydrogens is 176 g/mol. The van der Waals surface area contributed by atoms with Crippen LogP contribution >= 0.6 is 0 Å². The zero-order valence-corrected chi connectivity index (χ0v) is 9.55. The molecule has 0 aliphatic carbocycles. The summed E-state index contributed by atoms with van der Waals surface area (Å²) in [4.78, 5) is 0. The lowest BCUT2D eigenvalue weighted by Crippen LogP contribution is -2.42. The van der Waals surface area contributed by atoms with E-state index in [0.29, 0.717) is 0 Å². The molecule has 1 aliphatic rings. The van der Waals surface area contributed by atoms with Crippen LogP contribution in [0, 0.1) is 11.8 Å². The first kappa shape index (κ1) is 11.6. The Labute approximate surface area is 86.7 Å². The molecule has 0 spiro atoms. The average Bonchev–Trinajstić information content (AvgIpc) is 1.98. The van der Waals surface area contributed by atoms with E-state index in [1.54, 1.807) is 6.92 Å². The molecule has 0 aromatic heterocycles. The molecule has 2 heteroatoms. The van der Waals surface area contributed by atoms with Gasteiger partial charge in [0.2, 0.25) is 0 Å². The summed E-state index contributed by atoms with van der Waals surface area (Å²) in [6, 6.07) is 0. The number of aliphatic hydroxyl groups excluding tert-OH is 1. The van der Waals surface area contributed by atoms with Crippen molar-refractivity contribution < 1.29 is 9.84 Å². The summed E-state index contributed by atoms with van der Waals surface area (Å²) in [6.07, 6.45) is 2.60. The van der Waals surface area contributed by atoms with Crippen LogP contribution in [0.2, 0.25) is 0 Å². The van der Waals surface area contributed by atoms with E-state index in [1.807, 2.05) is 6.92 Å². The summed E-state index contributed by atoms with van der Waals surface area (Å²) < 4.78 is 5.93. The van der Waals surface area contributed by atoms with Gasteiger partial charge in [-0.25, -0.2) is 0 Å². The van der Waals surface area contributed by atoms with Crippen molar-refractivity contribution in [1.82, 2.24) is 0 Å². The molecule has 1 saturated heterocycles. The molecule has 0 radical (unpaired) electrons. The largest absolute Gasteiger partial charge is 0.381 e. The Morgan fingerprint density at radius 2 is 1.93 bits per heavy atom. The minimum Gasteiger partial charge on any atom is -0.381 e. The van der Waals surface area contributed by atoms with Crippen molar-refractivity contribution in [1.29, 1.82) is 0 Å². The van der Waals surface area contributed by atoms with Gasteiger partial charge in [-0.2, -0.15) is 0 Å². The molecule has 2 nitrogen and oxygen atoms in total. The minimum atomic E-state index is -0.569. The van der Waals surface area contributed by atoms with Gasteiger partial charge in [-0.3, -0.25) is 0 Å². The molecule has 0 unspecified atom stereocenters. The number of rotatable bonds is 0. The molecule has 0 amide bonds. The summed E-state index contributed by atoms with van der Waals surface area (Å²) >= 11 is 0. The zero-order chi connectivity index (χ0) is 10.8. The van der Waals surface area contributed by atoms with Crippen LogP contribution in [-0.4, -0.2) is 22.4 Å². The Morgan fingerprint density at radius 3 is 2.43 bits per heavy atom. The van der Waals surface area contributed by atoms with Gasteiger partial charge >= 0.3 is 0 Å². The lowest BCUT2D eigenvalue weighted by atomic mass is 9.88. The van der Waals surface area contributed by atoms with Crippen LogP contribution in [0.5, 0.6) is 0 Å². The molecule has 14 heavy (non-hydrogen) atoms. The predicted molar refractivity (Wildman–Crippen MR) is 56.9 cm³/mol. The second-order valence-corrected chi connectivity index (χ2v) is 4.89. The highest BCUT2D eigenvalue weighted by atomic mass is 16.5. The van der Waals surface area contributed by atoms with E-state index in [9.17, 15) is 0 Å². The van der Waals surface area contributed by atoms with Gasteiger partial charge in [-0.1, -0.05) is 11.8 Å². The molecule has 0 saturated carbocycles. The third-order valence-corrected chi connectivity index (χ3v) is 2.48. The van der Waals surface area contributed by atoms with E-state index in [0.717, 1.165) is 19.3 Å².